The quantitative estimate of drug-likeness (QED) is 0.896. The zero-order valence-electron chi connectivity index (χ0n) is 10.8. The molecule has 0 unspecified atom stereocenters. The van der Waals surface area contributed by atoms with Crippen LogP contribution in [0.5, 0.6) is 0 Å². The van der Waals surface area contributed by atoms with Crippen molar-refractivity contribution in [3.63, 3.8) is 0 Å². The number of β-amino-alcohol motifs (C(OH)–C–C–N with tert-alkyl or cyclic N) is 1. The van der Waals surface area contributed by atoms with Crippen LogP contribution in [0, 0.1) is 0 Å². The molecule has 1 heterocycles. The Kier molecular flexibility index (Phi) is 4.46. The Morgan fingerprint density at radius 2 is 2.10 bits per heavy atom. The zero-order chi connectivity index (χ0) is 15.8. The van der Waals surface area contributed by atoms with Crippen LogP contribution in [0.25, 0.3) is 0 Å². The number of halogens is 4. The number of alkyl halides is 3. The molecule has 2 N–H and O–H groups in total. The highest BCUT2D eigenvalue weighted by Gasteiger charge is 2.37. The van der Waals surface area contributed by atoms with E-state index in [-0.39, 0.29) is 19.5 Å². The molecular weight excluding hydrogens is 311 g/mol. The monoisotopic (exact) mass is 323 g/mol. The molecule has 0 saturated carbocycles. The fraction of sp³-hybridized carbons (Fsp3) is 0.462. The van der Waals surface area contributed by atoms with Crippen LogP contribution in [0.3, 0.4) is 0 Å². The van der Waals surface area contributed by atoms with Crippen molar-refractivity contribution in [3.8, 4) is 0 Å². The molecule has 1 aliphatic heterocycles. The lowest BCUT2D eigenvalue weighted by Crippen LogP contribution is -2.35. The number of carboxylic acid groups (broad SMARTS) is 1. The van der Waals surface area contributed by atoms with E-state index >= 15 is 0 Å². The van der Waals surface area contributed by atoms with E-state index < -0.39 is 34.9 Å². The van der Waals surface area contributed by atoms with E-state index in [1.165, 1.54) is 11.0 Å². The molecule has 0 aliphatic carbocycles. The summed E-state index contributed by atoms with van der Waals surface area (Å²) in [5.74, 6) is -1.10. The minimum absolute atomic E-state index is 0.00821. The van der Waals surface area contributed by atoms with Crippen molar-refractivity contribution in [1.82, 2.24) is 4.90 Å². The van der Waals surface area contributed by atoms with Crippen molar-refractivity contribution >= 4 is 17.6 Å². The molecule has 1 saturated heterocycles. The van der Waals surface area contributed by atoms with Crippen molar-refractivity contribution in [1.29, 1.82) is 0 Å². The van der Waals surface area contributed by atoms with E-state index in [0.29, 0.717) is 5.56 Å². The molecule has 2 rings (SSSR count). The van der Waals surface area contributed by atoms with Crippen LogP contribution in [0.2, 0.25) is 5.02 Å². The Bertz CT molecular complexity index is 550. The standard InChI is InChI=1S/C13H13ClF3NO3/c14-10-2-1-7(3-9(10)13(15,16)17)5-18-6-8(19)4-11(18)12(20)21/h1-3,8,11,19H,4-6H2,(H,20,21)/t8-,11-/m1/s1. The Labute approximate surface area is 123 Å². The molecule has 4 nitrogen and oxygen atoms in total. The summed E-state index contributed by atoms with van der Waals surface area (Å²) in [6, 6.07) is 2.57. The summed E-state index contributed by atoms with van der Waals surface area (Å²) in [6.45, 7) is 0.120. The molecule has 116 valence electrons. The summed E-state index contributed by atoms with van der Waals surface area (Å²) >= 11 is 5.53. The van der Waals surface area contributed by atoms with Crippen LogP contribution in [-0.2, 0) is 17.5 Å². The van der Waals surface area contributed by atoms with Gasteiger partial charge in [-0.15, -0.1) is 0 Å². The fourth-order valence-electron chi connectivity index (χ4n) is 2.43. The van der Waals surface area contributed by atoms with E-state index in [2.05, 4.69) is 0 Å². The molecule has 0 bridgehead atoms. The van der Waals surface area contributed by atoms with Gasteiger partial charge in [-0.2, -0.15) is 13.2 Å². The normalized spacial score (nSPS) is 23.5. The Balaban J connectivity index is 2.22. The average Bonchev–Trinajstić information content (AvgIpc) is 2.71. The number of benzene rings is 1. The lowest BCUT2D eigenvalue weighted by molar-refractivity contribution is -0.142. The number of likely N-dealkylation sites (tertiary alicyclic amines) is 1. The van der Waals surface area contributed by atoms with Gasteiger partial charge in [0.1, 0.15) is 6.04 Å². The third-order valence-electron chi connectivity index (χ3n) is 3.39. The molecule has 2 atom stereocenters. The number of aliphatic hydroxyl groups is 1. The Morgan fingerprint density at radius 1 is 1.43 bits per heavy atom. The first-order valence-electron chi connectivity index (χ1n) is 6.19. The van der Waals surface area contributed by atoms with Gasteiger partial charge in [0.15, 0.2) is 0 Å². The summed E-state index contributed by atoms with van der Waals surface area (Å²) < 4.78 is 38.3. The topological polar surface area (TPSA) is 60.8 Å². The van der Waals surface area contributed by atoms with Gasteiger partial charge in [-0.05, 0) is 17.7 Å². The van der Waals surface area contributed by atoms with Gasteiger partial charge in [0, 0.05) is 19.5 Å². The molecule has 1 aliphatic rings. The number of hydrogen-bond acceptors (Lipinski definition) is 3. The van der Waals surface area contributed by atoms with Crippen LogP contribution < -0.4 is 0 Å². The van der Waals surface area contributed by atoms with Crippen LogP contribution in [0.4, 0.5) is 13.2 Å². The van der Waals surface area contributed by atoms with Gasteiger partial charge < -0.3 is 10.2 Å². The van der Waals surface area contributed by atoms with Gasteiger partial charge in [0.25, 0.3) is 0 Å². The second-order valence-corrected chi connectivity index (χ2v) is 5.39. The second-order valence-electron chi connectivity index (χ2n) is 4.98. The predicted octanol–water partition coefficient (Wildman–Crippen LogP) is 2.38. The van der Waals surface area contributed by atoms with E-state index in [4.69, 9.17) is 16.7 Å². The first kappa shape index (κ1) is 16.1. The first-order valence-corrected chi connectivity index (χ1v) is 6.57. The third-order valence-corrected chi connectivity index (χ3v) is 3.72. The van der Waals surface area contributed by atoms with Crippen LogP contribution in [0.15, 0.2) is 18.2 Å². The van der Waals surface area contributed by atoms with E-state index in [1.807, 2.05) is 0 Å². The maximum atomic E-state index is 12.8. The molecule has 0 aromatic heterocycles. The molecule has 1 aromatic carbocycles. The van der Waals surface area contributed by atoms with Crippen molar-refractivity contribution in [2.24, 2.45) is 0 Å². The highest BCUT2D eigenvalue weighted by molar-refractivity contribution is 6.31. The van der Waals surface area contributed by atoms with E-state index in [9.17, 15) is 23.1 Å². The highest BCUT2D eigenvalue weighted by Crippen LogP contribution is 2.35. The molecule has 21 heavy (non-hydrogen) atoms. The van der Waals surface area contributed by atoms with Gasteiger partial charge in [-0.3, -0.25) is 9.69 Å². The third kappa shape index (κ3) is 3.66. The van der Waals surface area contributed by atoms with Gasteiger partial charge in [0.2, 0.25) is 0 Å². The van der Waals surface area contributed by atoms with Crippen molar-refractivity contribution in [3.05, 3.63) is 34.3 Å². The summed E-state index contributed by atoms with van der Waals surface area (Å²) in [5.41, 5.74) is -0.652. The molecule has 0 amide bonds. The Morgan fingerprint density at radius 3 is 2.67 bits per heavy atom. The smallest absolute Gasteiger partial charge is 0.417 e. The van der Waals surface area contributed by atoms with Crippen molar-refractivity contribution in [2.75, 3.05) is 6.54 Å². The number of carbonyl (C=O) groups is 1. The molecule has 8 heteroatoms. The molecule has 1 aromatic rings. The minimum atomic E-state index is -4.57. The first-order chi connectivity index (χ1) is 9.68. The minimum Gasteiger partial charge on any atom is -0.480 e. The fourth-order valence-corrected chi connectivity index (χ4v) is 2.66. The van der Waals surface area contributed by atoms with E-state index in [0.717, 1.165) is 12.1 Å². The largest absolute Gasteiger partial charge is 0.480 e. The zero-order valence-corrected chi connectivity index (χ0v) is 11.5. The number of rotatable bonds is 3. The number of aliphatic carboxylic acids is 1. The molecule has 0 spiro atoms. The number of hydrogen-bond donors (Lipinski definition) is 2. The van der Waals surface area contributed by atoms with Gasteiger partial charge >= 0.3 is 12.1 Å². The highest BCUT2D eigenvalue weighted by atomic mass is 35.5. The Hall–Kier alpha value is -1.31. The lowest BCUT2D eigenvalue weighted by Gasteiger charge is -2.21. The molecule has 1 fully saturated rings. The maximum Gasteiger partial charge on any atom is 0.417 e. The van der Waals surface area contributed by atoms with Crippen LogP contribution in [0.1, 0.15) is 17.5 Å². The summed E-state index contributed by atoms with van der Waals surface area (Å²) in [7, 11) is 0. The summed E-state index contributed by atoms with van der Waals surface area (Å²) in [5, 5.41) is 18.2. The molecular formula is C13H13ClF3NO3. The van der Waals surface area contributed by atoms with Crippen molar-refractivity contribution < 1.29 is 28.2 Å². The van der Waals surface area contributed by atoms with Gasteiger partial charge in [-0.25, -0.2) is 0 Å². The van der Waals surface area contributed by atoms with Crippen molar-refractivity contribution in [2.45, 2.75) is 31.3 Å². The van der Waals surface area contributed by atoms with Crippen LogP contribution >= 0.6 is 11.6 Å². The van der Waals surface area contributed by atoms with Gasteiger partial charge in [-0.1, -0.05) is 17.7 Å². The predicted molar refractivity (Wildman–Crippen MR) is 68.9 cm³/mol. The average molecular weight is 324 g/mol. The second kappa shape index (κ2) is 5.82. The molecule has 0 radical (unpaired) electrons. The number of aliphatic hydroxyl groups excluding tert-OH is 1. The van der Waals surface area contributed by atoms with Gasteiger partial charge in [0.05, 0.1) is 16.7 Å². The van der Waals surface area contributed by atoms with Crippen LogP contribution in [-0.4, -0.2) is 39.8 Å². The maximum absolute atomic E-state index is 12.8. The number of nitrogens with zero attached hydrogens (tertiary/aromatic N) is 1. The SMILES string of the molecule is O=C(O)[C@H]1C[C@@H](O)CN1Cc1ccc(Cl)c(C(F)(F)F)c1. The summed E-state index contributed by atoms with van der Waals surface area (Å²) in [4.78, 5) is 12.5. The number of carboxylic acids is 1. The van der Waals surface area contributed by atoms with E-state index in [1.54, 1.807) is 0 Å². The summed E-state index contributed by atoms with van der Waals surface area (Å²) in [6.07, 6.45) is -5.29. The lowest BCUT2D eigenvalue weighted by atomic mass is 10.1.